The minimum absolute atomic E-state index is 0.140. The lowest BCUT2D eigenvalue weighted by Crippen LogP contribution is -2.49. The highest BCUT2D eigenvalue weighted by molar-refractivity contribution is 5.95. The van der Waals surface area contributed by atoms with E-state index in [4.69, 9.17) is 4.74 Å². The second kappa shape index (κ2) is 11.7. The zero-order chi connectivity index (χ0) is 21.9. The highest BCUT2D eigenvalue weighted by Crippen LogP contribution is 2.15. The van der Waals surface area contributed by atoms with Gasteiger partial charge in [-0.3, -0.25) is 14.6 Å². The van der Waals surface area contributed by atoms with Gasteiger partial charge in [-0.2, -0.15) is 0 Å². The molecule has 1 aliphatic rings. The number of hydrazine groups is 1. The minimum atomic E-state index is -0.536. The maximum Gasteiger partial charge on any atom is 0.339 e. The Morgan fingerprint density at radius 3 is 2.53 bits per heavy atom. The summed E-state index contributed by atoms with van der Waals surface area (Å²) in [6, 6.07) is 2.55. The lowest BCUT2D eigenvalue weighted by molar-refractivity contribution is -0.143. The van der Waals surface area contributed by atoms with Gasteiger partial charge in [-0.25, -0.2) is 19.6 Å². The van der Waals surface area contributed by atoms with Crippen molar-refractivity contribution < 1.29 is 28.7 Å². The van der Waals surface area contributed by atoms with Crippen molar-refractivity contribution in [3.05, 3.63) is 29.6 Å². The fraction of sp³-hybridized carbons (Fsp3) is 0.550. The Morgan fingerprint density at radius 2 is 1.87 bits per heavy atom. The normalized spacial score (nSPS) is 13.1. The van der Waals surface area contributed by atoms with E-state index in [1.807, 2.05) is 0 Å². The number of esters is 2. The number of hydrogen-bond acceptors (Lipinski definition) is 7. The molecule has 1 N–H and O–H groups in total. The summed E-state index contributed by atoms with van der Waals surface area (Å²) in [6.07, 6.45) is 4.53. The molecule has 2 rings (SSSR count). The molecule has 0 atom stereocenters. The van der Waals surface area contributed by atoms with E-state index in [-0.39, 0.29) is 23.3 Å². The van der Waals surface area contributed by atoms with Gasteiger partial charge in [0.2, 0.25) is 0 Å². The van der Waals surface area contributed by atoms with Crippen molar-refractivity contribution in [2.75, 3.05) is 33.4 Å². The number of aromatic nitrogens is 1. The summed E-state index contributed by atoms with van der Waals surface area (Å²) in [6.45, 7) is 3.44. The Balaban J connectivity index is 1.80. The van der Waals surface area contributed by atoms with Crippen molar-refractivity contribution in [2.45, 2.75) is 39.0 Å². The van der Waals surface area contributed by atoms with Crippen molar-refractivity contribution in [3.8, 4) is 0 Å². The molecule has 1 saturated heterocycles. The number of hydrogen-bond donors (Lipinski definition) is 1. The van der Waals surface area contributed by atoms with Gasteiger partial charge in [-0.1, -0.05) is 6.42 Å². The van der Waals surface area contributed by atoms with Gasteiger partial charge in [0.15, 0.2) is 0 Å². The molecule has 1 aromatic rings. The third kappa shape index (κ3) is 6.43. The highest BCUT2D eigenvalue weighted by atomic mass is 16.5. The summed E-state index contributed by atoms with van der Waals surface area (Å²) in [4.78, 5) is 52.0. The smallest absolute Gasteiger partial charge is 0.339 e. The van der Waals surface area contributed by atoms with Crippen molar-refractivity contribution in [1.29, 1.82) is 0 Å². The van der Waals surface area contributed by atoms with E-state index in [2.05, 4.69) is 15.0 Å². The van der Waals surface area contributed by atoms with Gasteiger partial charge in [0, 0.05) is 32.3 Å². The molecular weight excluding hydrogens is 392 g/mol. The molecule has 0 unspecified atom stereocenters. The van der Waals surface area contributed by atoms with Crippen LogP contribution in [0, 0.1) is 0 Å². The summed E-state index contributed by atoms with van der Waals surface area (Å²) >= 11 is 0. The number of carbonyl (C=O) groups excluding carboxylic acids is 4. The summed E-state index contributed by atoms with van der Waals surface area (Å²) in [5.41, 5.74) is 0.384. The monoisotopic (exact) mass is 420 g/mol. The van der Waals surface area contributed by atoms with Gasteiger partial charge in [0.1, 0.15) is 5.69 Å². The molecule has 1 fully saturated rings. The molecule has 1 aliphatic heterocycles. The van der Waals surface area contributed by atoms with Gasteiger partial charge in [0.25, 0.3) is 5.91 Å². The quantitative estimate of drug-likeness (QED) is 0.478. The number of ether oxygens (including phenoxy) is 2. The van der Waals surface area contributed by atoms with Crippen LogP contribution in [0.1, 0.15) is 59.9 Å². The molecule has 0 aliphatic carbocycles. The van der Waals surface area contributed by atoms with Crippen LogP contribution in [0.25, 0.3) is 0 Å². The minimum Gasteiger partial charge on any atom is -0.466 e. The Bertz CT molecular complexity index is 752. The Kier molecular flexibility index (Phi) is 9.04. The van der Waals surface area contributed by atoms with Crippen LogP contribution in [0.4, 0.5) is 4.79 Å². The maximum absolute atomic E-state index is 12.7. The topological polar surface area (TPSA) is 118 Å². The molecule has 10 nitrogen and oxygen atoms in total. The number of methoxy groups -OCH3 is 1. The van der Waals surface area contributed by atoms with E-state index in [0.717, 1.165) is 12.8 Å². The van der Waals surface area contributed by atoms with Crippen molar-refractivity contribution >= 4 is 23.9 Å². The van der Waals surface area contributed by atoms with Crippen LogP contribution >= 0.6 is 0 Å². The molecule has 1 aromatic heterocycles. The molecule has 0 radical (unpaired) electrons. The second-order valence-corrected chi connectivity index (χ2v) is 6.68. The molecule has 10 heteroatoms. The molecule has 0 aromatic carbocycles. The first-order valence-electron chi connectivity index (χ1n) is 10.0. The van der Waals surface area contributed by atoms with Crippen LogP contribution in [0.15, 0.2) is 18.3 Å². The third-order valence-electron chi connectivity index (χ3n) is 4.54. The number of unbranched alkanes of at least 4 members (excludes halogenated alkanes) is 2. The predicted octanol–water partition coefficient (Wildman–Crippen LogP) is 1.76. The molecule has 3 amide bonds. The van der Waals surface area contributed by atoms with Crippen LogP contribution in [-0.4, -0.2) is 72.2 Å². The van der Waals surface area contributed by atoms with E-state index in [1.54, 1.807) is 6.92 Å². The number of carbonyl (C=O) groups is 4. The fourth-order valence-corrected chi connectivity index (χ4v) is 3.02. The predicted molar refractivity (Wildman–Crippen MR) is 106 cm³/mol. The molecular formula is C20H28N4O6. The number of urea groups is 1. The van der Waals surface area contributed by atoms with Gasteiger partial charge in [-0.15, -0.1) is 0 Å². The number of nitrogens with zero attached hydrogens (tertiary/aromatic N) is 3. The zero-order valence-corrected chi connectivity index (χ0v) is 17.4. The number of pyridine rings is 1. The Labute approximate surface area is 175 Å². The lowest BCUT2D eigenvalue weighted by atomic mass is 10.2. The Hall–Kier alpha value is -3.17. The van der Waals surface area contributed by atoms with E-state index >= 15 is 0 Å². The van der Waals surface area contributed by atoms with E-state index in [1.165, 1.54) is 35.5 Å². The molecule has 164 valence electrons. The molecule has 30 heavy (non-hydrogen) atoms. The number of rotatable bonds is 9. The SMILES string of the molecule is CCOC(=O)CCCCCNC(=O)N1CCCN1C(=O)c1ccc(C(=O)OC)cn1. The first-order chi connectivity index (χ1) is 14.5. The third-order valence-corrected chi connectivity index (χ3v) is 4.54. The van der Waals surface area contributed by atoms with E-state index < -0.39 is 11.9 Å². The van der Waals surface area contributed by atoms with Gasteiger partial charge >= 0.3 is 18.0 Å². The van der Waals surface area contributed by atoms with Crippen LogP contribution < -0.4 is 5.32 Å². The Morgan fingerprint density at radius 1 is 1.10 bits per heavy atom. The van der Waals surface area contributed by atoms with Crippen molar-refractivity contribution in [2.24, 2.45) is 0 Å². The van der Waals surface area contributed by atoms with Crippen LogP contribution in [0.3, 0.4) is 0 Å². The summed E-state index contributed by atoms with van der Waals surface area (Å²) < 4.78 is 9.48. The zero-order valence-electron chi connectivity index (χ0n) is 17.4. The standard InChI is InChI=1S/C20H28N4O6/c1-3-30-17(25)8-5-4-6-11-21-20(28)24-13-7-12-23(24)18(26)16-10-9-15(14-22-16)19(27)29-2/h9-10,14H,3-8,11-13H2,1-2H3,(H,21,28). The van der Waals surface area contributed by atoms with E-state index in [0.29, 0.717) is 45.5 Å². The second-order valence-electron chi connectivity index (χ2n) is 6.68. The van der Waals surface area contributed by atoms with Crippen molar-refractivity contribution in [3.63, 3.8) is 0 Å². The average Bonchev–Trinajstić information content (AvgIpc) is 3.25. The molecule has 2 heterocycles. The number of amides is 3. The average molecular weight is 420 g/mol. The fourth-order valence-electron chi connectivity index (χ4n) is 3.02. The van der Waals surface area contributed by atoms with Crippen LogP contribution in [0.5, 0.6) is 0 Å². The van der Waals surface area contributed by atoms with Crippen LogP contribution in [0.2, 0.25) is 0 Å². The lowest BCUT2D eigenvalue weighted by Gasteiger charge is -2.27. The largest absolute Gasteiger partial charge is 0.466 e. The number of nitrogens with one attached hydrogen (secondary N) is 1. The van der Waals surface area contributed by atoms with Crippen molar-refractivity contribution in [1.82, 2.24) is 20.3 Å². The van der Waals surface area contributed by atoms with Gasteiger partial charge < -0.3 is 14.8 Å². The molecule has 0 bridgehead atoms. The first kappa shape index (κ1) is 23.1. The summed E-state index contributed by atoms with van der Waals surface area (Å²) in [7, 11) is 1.27. The molecule has 0 spiro atoms. The highest BCUT2D eigenvalue weighted by Gasteiger charge is 2.31. The molecule has 0 saturated carbocycles. The summed E-state index contributed by atoms with van der Waals surface area (Å²) in [5.74, 6) is -1.15. The summed E-state index contributed by atoms with van der Waals surface area (Å²) in [5, 5.41) is 5.53. The van der Waals surface area contributed by atoms with Gasteiger partial charge in [-0.05, 0) is 38.3 Å². The van der Waals surface area contributed by atoms with E-state index in [9.17, 15) is 19.2 Å². The maximum atomic E-state index is 12.7. The first-order valence-corrected chi connectivity index (χ1v) is 10.0. The van der Waals surface area contributed by atoms with Crippen LogP contribution in [-0.2, 0) is 14.3 Å². The van der Waals surface area contributed by atoms with Gasteiger partial charge in [0.05, 0.1) is 19.3 Å².